The molecule has 0 bridgehead atoms. The number of carbonyl (C=O) groups excluding carboxylic acids is 2. The van der Waals surface area contributed by atoms with Gasteiger partial charge in [0.1, 0.15) is 12.4 Å². The maximum Gasteiger partial charge on any atom is 0.302 e. The van der Waals surface area contributed by atoms with E-state index < -0.39 is 0 Å². The lowest BCUT2D eigenvalue weighted by Crippen LogP contribution is -2.58. The number of fused-ring (bicyclic) bond motifs is 5. The monoisotopic (exact) mass is 392 g/mol. The molecular formula is C23H33ClO3. The van der Waals surface area contributed by atoms with Crippen molar-refractivity contribution in [1.29, 1.82) is 0 Å². The van der Waals surface area contributed by atoms with Crippen LogP contribution in [0.15, 0.2) is 10.6 Å². The molecule has 0 radical (unpaired) electrons. The van der Waals surface area contributed by atoms with E-state index in [-0.39, 0.29) is 22.9 Å². The van der Waals surface area contributed by atoms with Gasteiger partial charge in [-0.2, -0.15) is 0 Å². The van der Waals surface area contributed by atoms with Crippen molar-refractivity contribution in [1.82, 2.24) is 0 Å². The summed E-state index contributed by atoms with van der Waals surface area (Å²) in [6.45, 7) is 8.63. The molecule has 4 aliphatic carbocycles. The molecule has 4 aliphatic rings. The van der Waals surface area contributed by atoms with E-state index in [1.165, 1.54) is 25.7 Å². The van der Waals surface area contributed by atoms with Crippen molar-refractivity contribution in [2.24, 2.45) is 40.4 Å². The van der Waals surface area contributed by atoms with Gasteiger partial charge in [0, 0.05) is 28.9 Å². The van der Waals surface area contributed by atoms with Crippen LogP contribution in [0.4, 0.5) is 0 Å². The van der Waals surface area contributed by atoms with Gasteiger partial charge in [-0.25, -0.2) is 0 Å². The number of halogens is 1. The Kier molecular flexibility index (Phi) is 4.77. The summed E-state index contributed by atoms with van der Waals surface area (Å²) in [6.07, 6.45) is 8.60. The first-order valence-electron chi connectivity index (χ1n) is 10.7. The number of ether oxygens (including phenoxy) is 1. The molecule has 0 heterocycles. The summed E-state index contributed by atoms with van der Waals surface area (Å²) in [7, 11) is 0. The van der Waals surface area contributed by atoms with Crippen LogP contribution in [0.2, 0.25) is 0 Å². The average molecular weight is 393 g/mol. The zero-order valence-corrected chi connectivity index (χ0v) is 17.8. The molecule has 0 amide bonds. The van der Waals surface area contributed by atoms with Crippen LogP contribution in [0.3, 0.4) is 0 Å². The van der Waals surface area contributed by atoms with Crippen LogP contribution in [0.25, 0.3) is 0 Å². The SMILES string of the molecule is CC(=O)OC1C[C@@H]2C(CC[C@]3(C)C(Cl)=C(C=O)C[C@@H]23)[C@@]2(C)CC(C)CCC12. The summed E-state index contributed by atoms with van der Waals surface area (Å²) in [4.78, 5) is 23.5. The molecule has 0 spiro atoms. The van der Waals surface area contributed by atoms with Gasteiger partial charge >= 0.3 is 5.97 Å². The molecule has 0 aromatic carbocycles. The minimum absolute atomic E-state index is 0.0163. The van der Waals surface area contributed by atoms with E-state index in [1.807, 2.05) is 0 Å². The van der Waals surface area contributed by atoms with Crippen LogP contribution in [-0.4, -0.2) is 18.4 Å². The van der Waals surface area contributed by atoms with E-state index in [4.69, 9.17) is 16.3 Å². The fourth-order valence-electron chi connectivity index (χ4n) is 7.81. The summed E-state index contributed by atoms with van der Waals surface area (Å²) in [5.41, 5.74) is 0.944. The first-order valence-corrected chi connectivity index (χ1v) is 11.1. The van der Waals surface area contributed by atoms with Gasteiger partial charge < -0.3 is 4.74 Å². The molecule has 3 fully saturated rings. The van der Waals surface area contributed by atoms with E-state index in [1.54, 1.807) is 6.92 Å². The number of esters is 1. The molecule has 4 heteroatoms. The van der Waals surface area contributed by atoms with Crippen LogP contribution >= 0.6 is 11.6 Å². The number of hydrogen-bond donors (Lipinski definition) is 0. The Morgan fingerprint density at radius 1 is 1.19 bits per heavy atom. The Labute approximate surface area is 168 Å². The largest absolute Gasteiger partial charge is 0.462 e. The lowest BCUT2D eigenvalue weighted by atomic mass is 9.44. The van der Waals surface area contributed by atoms with Crippen LogP contribution in [0.1, 0.15) is 72.6 Å². The van der Waals surface area contributed by atoms with Gasteiger partial charge in [0.2, 0.25) is 0 Å². The number of hydrogen-bond acceptors (Lipinski definition) is 3. The molecule has 0 aromatic heterocycles. The molecule has 3 nitrogen and oxygen atoms in total. The van der Waals surface area contributed by atoms with E-state index in [0.717, 1.165) is 42.1 Å². The second-order valence-electron chi connectivity index (χ2n) is 10.4. The molecule has 4 rings (SSSR count). The average Bonchev–Trinajstić information content (AvgIpc) is 2.85. The molecule has 3 saturated carbocycles. The highest BCUT2D eigenvalue weighted by Gasteiger charge is 2.62. The fourth-order valence-corrected chi connectivity index (χ4v) is 8.16. The summed E-state index contributed by atoms with van der Waals surface area (Å²) in [5, 5.41) is 0.800. The quantitative estimate of drug-likeness (QED) is 0.459. The van der Waals surface area contributed by atoms with Gasteiger partial charge in [-0.1, -0.05) is 38.8 Å². The Hall–Kier alpha value is -0.830. The lowest BCUT2D eigenvalue weighted by molar-refractivity contribution is -0.184. The van der Waals surface area contributed by atoms with Gasteiger partial charge in [0.05, 0.1) is 0 Å². The predicted octanol–water partition coefficient (Wildman–Crippen LogP) is 5.51. The van der Waals surface area contributed by atoms with E-state index in [2.05, 4.69) is 20.8 Å². The number of allylic oxidation sites excluding steroid dienone is 2. The fraction of sp³-hybridized carbons (Fsp3) is 0.826. The third-order valence-electron chi connectivity index (χ3n) is 8.92. The van der Waals surface area contributed by atoms with Crippen molar-refractivity contribution in [2.75, 3.05) is 0 Å². The van der Waals surface area contributed by atoms with Crippen LogP contribution in [-0.2, 0) is 14.3 Å². The molecule has 150 valence electrons. The van der Waals surface area contributed by atoms with Gasteiger partial charge in [0.15, 0.2) is 0 Å². The molecule has 0 aliphatic heterocycles. The number of carbonyl (C=O) groups is 2. The first-order chi connectivity index (χ1) is 12.7. The minimum Gasteiger partial charge on any atom is -0.462 e. The maximum absolute atomic E-state index is 11.9. The number of rotatable bonds is 2. The van der Waals surface area contributed by atoms with Crippen molar-refractivity contribution in [3.8, 4) is 0 Å². The van der Waals surface area contributed by atoms with Crippen LogP contribution < -0.4 is 0 Å². The van der Waals surface area contributed by atoms with Gasteiger partial charge in [-0.15, -0.1) is 0 Å². The zero-order chi connectivity index (χ0) is 19.6. The van der Waals surface area contributed by atoms with Crippen molar-refractivity contribution in [3.05, 3.63) is 10.6 Å². The smallest absolute Gasteiger partial charge is 0.302 e. The molecule has 8 atom stereocenters. The van der Waals surface area contributed by atoms with Crippen molar-refractivity contribution < 1.29 is 14.3 Å². The molecule has 0 aromatic rings. The van der Waals surface area contributed by atoms with E-state index in [0.29, 0.717) is 23.7 Å². The highest BCUT2D eigenvalue weighted by atomic mass is 35.5. The normalized spacial score (nSPS) is 49.1. The maximum atomic E-state index is 11.9. The van der Waals surface area contributed by atoms with Gasteiger partial charge in [0.25, 0.3) is 0 Å². The third-order valence-corrected chi connectivity index (χ3v) is 9.59. The Morgan fingerprint density at radius 3 is 2.59 bits per heavy atom. The molecule has 0 saturated heterocycles. The van der Waals surface area contributed by atoms with E-state index in [9.17, 15) is 9.59 Å². The van der Waals surface area contributed by atoms with Crippen LogP contribution in [0, 0.1) is 40.4 Å². The van der Waals surface area contributed by atoms with Gasteiger partial charge in [-0.05, 0) is 67.6 Å². The second-order valence-corrected chi connectivity index (χ2v) is 10.8. The topological polar surface area (TPSA) is 43.4 Å². The Morgan fingerprint density at radius 2 is 1.93 bits per heavy atom. The van der Waals surface area contributed by atoms with Crippen LogP contribution in [0.5, 0.6) is 0 Å². The van der Waals surface area contributed by atoms with Crippen molar-refractivity contribution in [2.45, 2.75) is 78.7 Å². The summed E-state index contributed by atoms with van der Waals surface area (Å²) in [6, 6.07) is 0. The molecule has 27 heavy (non-hydrogen) atoms. The highest BCUT2D eigenvalue weighted by Crippen LogP contribution is 2.68. The minimum atomic E-state index is -0.158. The predicted molar refractivity (Wildman–Crippen MR) is 106 cm³/mol. The second kappa shape index (κ2) is 6.61. The first kappa shape index (κ1) is 19.5. The summed E-state index contributed by atoms with van der Waals surface area (Å²) >= 11 is 6.70. The molecular weight excluding hydrogens is 360 g/mol. The molecule has 4 unspecified atom stereocenters. The van der Waals surface area contributed by atoms with Gasteiger partial charge in [-0.3, -0.25) is 9.59 Å². The Bertz CT molecular complexity index is 685. The lowest BCUT2D eigenvalue weighted by Gasteiger charge is -2.62. The molecule has 0 N–H and O–H groups in total. The summed E-state index contributed by atoms with van der Waals surface area (Å²) in [5.74, 6) is 2.56. The third kappa shape index (κ3) is 2.82. The summed E-state index contributed by atoms with van der Waals surface area (Å²) < 4.78 is 5.92. The number of aldehydes is 1. The standard InChI is InChI=1S/C23H33ClO3/c1-13-5-6-18-20(27-14(2)26)10-16-17(23(18,4)11-13)7-8-22(3)19(16)9-15(12-25)21(22)24/h12-13,16-20H,5-11H2,1-4H3/t13?,16-,17?,18?,19+,20?,22+,23-/m1/s1. The van der Waals surface area contributed by atoms with Crippen molar-refractivity contribution in [3.63, 3.8) is 0 Å². The Balaban J connectivity index is 1.71. The zero-order valence-electron chi connectivity index (χ0n) is 17.1. The highest BCUT2D eigenvalue weighted by molar-refractivity contribution is 6.32. The van der Waals surface area contributed by atoms with E-state index >= 15 is 0 Å². The van der Waals surface area contributed by atoms with Crippen molar-refractivity contribution >= 4 is 23.9 Å².